The van der Waals surface area contributed by atoms with Crippen molar-refractivity contribution in [3.05, 3.63) is 58.0 Å². The number of ether oxygens (including phenoxy) is 1. The van der Waals surface area contributed by atoms with Crippen LogP contribution < -0.4 is 10.3 Å². The average molecular weight is 416 g/mol. The first kappa shape index (κ1) is 20.4. The Hall–Kier alpha value is -2.33. The summed E-state index contributed by atoms with van der Waals surface area (Å²) in [5.41, 5.74) is -0.577. The van der Waals surface area contributed by atoms with Gasteiger partial charge in [0.05, 0.1) is 17.0 Å². The van der Waals surface area contributed by atoms with Gasteiger partial charge in [-0.1, -0.05) is 6.07 Å². The molecular weight excluding hydrogens is 397 g/mol. The van der Waals surface area contributed by atoms with E-state index in [2.05, 4.69) is 0 Å². The molecule has 28 heavy (non-hydrogen) atoms. The van der Waals surface area contributed by atoms with Crippen LogP contribution >= 0.6 is 0 Å². The molecule has 2 aromatic rings. The second-order valence-electron chi connectivity index (χ2n) is 6.65. The van der Waals surface area contributed by atoms with Gasteiger partial charge in [0.25, 0.3) is 5.56 Å². The second-order valence-corrected chi connectivity index (χ2v) is 8.58. The van der Waals surface area contributed by atoms with Gasteiger partial charge in [-0.25, -0.2) is 8.42 Å². The number of rotatable bonds is 4. The van der Waals surface area contributed by atoms with Gasteiger partial charge in [0, 0.05) is 25.4 Å². The predicted molar refractivity (Wildman–Crippen MR) is 95.7 cm³/mol. The van der Waals surface area contributed by atoms with Crippen LogP contribution in [0.2, 0.25) is 0 Å². The number of benzene rings is 1. The van der Waals surface area contributed by atoms with Crippen molar-refractivity contribution in [1.29, 1.82) is 0 Å². The van der Waals surface area contributed by atoms with Crippen molar-refractivity contribution < 1.29 is 26.3 Å². The topological polar surface area (TPSA) is 68.6 Å². The largest absolute Gasteiger partial charge is 0.489 e. The Morgan fingerprint density at radius 3 is 2.54 bits per heavy atom. The van der Waals surface area contributed by atoms with Gasteiger partial charge in [-0.05, 0) is 37.6 Å². The number of aryl methyl sites for hydroxylation is 1. The predicted octanol–water partition coefficient (Wildman–Crippen LogP) is 2.55. The summed E-state index contributed by atoms with van der Waals surface area (Å²) in [6.45, 7) is 1.85. The third-order valence-corrected chi connectivity index (χ3v) is 6.55. The monoisotopic (exact) mass is 416 g/mol. The molecule has 3 rings (SSSR count). The maximum atomic E-state index is 12.9. The number of aromatic nitrogens is 1. The smallest absolute Gasteiger partial charge is 0.416 e. The summed E-state index contributed by atoms with van der Waals surface area (Å²) >= 11 is 0. The lowest BCUT2D eigenvalue weighted by Crippen LogP contribution is -2.31. The summed E-state index contributed by atoms with van der Waals surface area (Å²) in [5, 5.41) is 0. The molecule has 6 nitrogen and oxygen atoms in total. The van der Waals surface area contributed by atoms with Crippen LogP contribution in [0.5, 0.6) is 5.75 Å². The first-order valence-electron chi connectivity index (χ1n) is 8.50. The summed E-state index contributed by atoms with van der Waals surface area (Å²) in [7, 11) is -2.46. The molecule has 0 saturated carbocycles. The van der Waals surface area contributed by atoms with Crippen LogP contribution in [-0.4, -0.2) is 36.5 Å². The van der Waals surface area contributed by atoms with E-state index in [1.54, 1.807) is 20.0 Å². The van der Waals surface area contributed by atoms with Gasteiger partial charge in [-0.3, -0.25) is 4.79 Å². The minimum absolute atomic E-state index is 0.00711. The van der Waals surface area contributed by atoms with Gasteiger partial charge in [0.1, 0.15) is 11.9 Å². The number of sulfonamides is 1. The van der Waals surface area contributed by atoms with Crippen LogP contribution in [-0.2, 0) is 23.2 Å². The van der Waals surface area contributed by atoms with Crippen molar-refractivity contribution in [2.75, 3.05) is 13.1 Å². The van der Waals surface area contributed by atoms with Gasteiger partial charge in [0.2, 0.25) is 10.0 Å². The van der Waals surface area contributed by atoms with E-state index in [9.17, 15) is 26.4 Å². The fraction of sp³-hybridized carbons (Fsp3) is 0.389. The van der Waals surface area contributed by atoms with Crippen LogP contribution in [0.1, 0.15) is 17.7 Å². The molecule has 1 aliphatic heterocycles. The van der Waals surface area contributed by atoms with E-state index in [1.165, 1.54) is 10.6 Å². The number of halogens is 3. The maximum absolute atomic E-state index is 12.9. The van der Waals surface area contributed by atoms with Crippen molar-refractivity contribution in [2.24, 2.45) is 7.05 Å². The number of hydrogen-bond acceptors (Lipinski definition) is 4. The van der Waals surface area contributed by atoms with Crippen LogP contribution in [0.25, 0.3) is 0 Å². The summed E-state index contributed by atoms with van der Waals surface area (Å²) in [5.74, 6) is 0.337. The minimum atomic E-state index is -4.63. The van der Waals surface area contributed by atoms with Gasteiger partial charge in [-0.15, -0.1) is 0 Å². The third-order valence-electron chi connectivity index (χ3n) is 4.69. The van der Waals surface area contributed by atoms with Gasteiger partial charge < -0.3 is 9.30 Å². The molecule has 1 aliphatic rings. The first-order valence-corrected chi connectivity index (χ1v) is 9.94. The second kappa shape index (κ2) is 7.25. The fourth-order valence-electron chi connectivity index (χ4n) is 2.99. The van der Waals surface area contributed by atoms with Crippen molar-refractivity contribution in [3.63, 3.8) is 0 Å². The quantitative estimate of drug-likeness (QED) is 0.768. The highest BCUT2D eigenvalue weighted by Gasteiger charge is 2.36. The van der Waals surface area contributed by atoms with Gasteiger partial charge in [0.15, 0.2) is 0 Å². The van der Waals surface area contributed by atoms with E-state index in [-0.39, 0.29) is 18.6 Å². The molecule has 1 aromatic carbocycles. The molecule has 0 amide bonds. The van der Waals surface area contributed by atoms with Crippen molar-refractivity contribution in [2.45, 2.75) is 30.5 Å². The molecule has 1 saturated heterocycles. The molecule has 1 aromatic heterocycles. The molecule has 0 spiro atoms. The highest BCUT2D eigenvalue weighted by molar-refractivity contribution is 7.89. The van der Waals surface area contributed by atoms with E-state index in [1.807, 2.05) is 0 Å². The molecule has 1 atom stereocenters. The van der Waals surface area contributed by atoms with Crippen LogP contribution in [0.4, 0.5) is 13.2 Å². The SMILES string of the molecule is Cc1cc(OC2CCN(S(=O)(=O)c3cccc(C(F)(F)F)c3)C2)cc(=O)n1C. The lowest BCUT2D eigenvalue weighted by Gasteiger charge is -2.18. The normalized spacial score (nSPS) is 18.4. The van der Waals surface area contributed by atoms with E-state index >= 15 is 0 Å². The van der Waals surface area contributed by atoms with Crippen molar-refractivity contribution in [3.8, 4) is 5.75 Å². The average Bonchev–Trinajstić information content (AvgIpc) is 3.08. The number of hydrogen-bond donors (Lipinski definition) is 0. The van der Waals surface area contributed by atoms with Crippen molar-refractivity contribution in [1.82, 2.24) is 8.87 Å². The Morgan fingerprint density at radius 1 is 1.18 bits per heavy atom. The first-order chi connectivity index (χ1) is 13.0. The number of alkyl halides is 3. The Balaban J connectivity index is 1.77. The fourth-order valence-corrected chi connectivity index (χ4v) is 4.52. The van der Waals surface area contributed by atoms with E-state index < -0.39 is 32.8 Å². The molecule has 0 bridgehead atoms. The highest BCUT2D eigenvalue weighted by atomic mass is 32.2. The molecule has 152 valence electrons. The lowest BCUT2D eigenvalue weighted by atomic mass is 10.2. The van der Waals surface area contributed by atoms with Gasteiger partial charge >= 0.3 is 6.18 Å². The third kappa shape index (κ3) is 4.07. The summed E-state index contributed by atoms with van der Waals surface area (Å²) in [6.07, 6.45) is -4.75. The Bertz CT molecular complexity index is 1050. The highest BCUT2D eigenvalue weighted by Crippen LogP contribution is 2.32. The van der Waals surface area contributed by atoms with Crippen molar-refractivity contribution >= 4 is 10.0 Å². The molecular formula is C18H19F3N2O4S. The van der Waals surface area contributed by atoms with Crippen LogP contribution in [0, 0.1) is 6.92 Å². The van der Waals surface area contributed by atoms with E-state index in [0.717, 1.165) is 22.5 Å². The Labute approximate surface area is 160 Å². The molecule has 0 radical (unpaired) electrons. The summed E-state index contributed by atoms with van der Waals surface area (Å²) < 4.78 is 72.3. The van der Waals surface area contributed by atoms with E-state index in [0.29, 0.717) is 23.9 Å². The summed E-state index contributed by atoms with van der Waals surface area (Å²) in [4.78, 5) is 11.4. The van der Waals surface area contributed by atoms with Crippen LogP contribution in [0.15, 0.2) is 46.1 Å². The minimum Gasteiger partial charge on any atom is -0.489 e. The Morgan fingerprint density at radius 2 is 1.89 bits per heavy atom. The summed E-state index contributed by atoms with van der Waals surface area (Å²) in [6, 6.07) is 6.66. The number of pyridine rings is 1. The zero-order valence-electron chi connectivity index (χ0n) is 15.2. The Kier molecular flexibility index (Phi) is 5.28. The zero-order chi connectivity index (χ0) is 20.7. The molecule has 0 aliphatic carbocycles. The number of nitrogens with zero attached hydrogens (tertiary/aromatic N) is 2. The molecule has 2 heterocycles. The maximum Gasteiger partial charge on any atom is 0.416 e. The lowest BCUT2D eigenvalue weighted by molar-refractivity contribution is -0.137. The van der Waals surface area contributed by atoms with Gasteiger partial charge in [-0.2, -0.15) is 17.5 Å². The zero-order valence-corrected chi connectivity index (χ0v) is 16.0. The standard InChI is InChI=1S/C18H19F3N2O4S/c1-12-8-15(10-17(24)22(12)2)27-14-6-7-23(11-14)28(25,26)16-5-3-4-13(9-16)18(19,20)21/h3-5,8-10,14H,6-7,11H2,1-2H3. The molecule has 1 fully saturated rings. The van der Waals surface area contributed by atoms with E-state index in [4.69, 9.17) is 4.74 Å². The van der Waals surface area contributed by atoms with Crippen LogP contribution in [0.3, 0.4) is 0 Å². The molecule has 1 unspecified atom stereocenters. The molecule has 10 heteroatoms. The molecule has 0 N–H and O–H groups in total.